The van der Waals surface area contributed by atoms with E-state index in [1.807, 2.05) is 24.3 Å². The smallest absolute Gasteiger partial charge is 0.134 e. The van der Waals surface area contributed by atoms with E-state index in [1.165, 1.54) is 37.7 Å². The van der Waals surface area contributed by atoms with E-state index in [4.69, 9.17) is 9.47 Å². The van der Waals surface area contributed by atoms with Gasteiger partial charge in [-0.15, -0.1) is 0 Å². The van der Waals surface area contributed by atoms with Crippen LogP contribution in [0.5, 0.6) is 5.75 Å². The normalized spacial score (nSPS) is 27.6. The number of β-amino-alcohol motifs (C(OH)–C–C–N with tert-alkyl or cyclic N) is 1. The largest absolute Gasteiger partial charge is 0.490 e. The van der Waals surface area contributed by atoms with Crippen LogP contribution in [-0.2, 0) is 4.74 Å². The number of ether oxygens (including phenoxy) is 2. The van der Waals surface area contributed by atoms with E-state index in [2.05, 4.69) is 11.8 Å². The SMILES string of the molecule is Cc1ccc(OC[C@]2(O)COCCN(C3CCCCC3)C2)cc1. The van der Waals surface area contributed by atoms with Crippen molar-refractivity contribution in [1.29, 1.82) is 0 Å². The molecule has 1 aromatic rings. The molecule has 0 aromatic heterocycles. The second kappa shape index (κ2) is 7.65. The van der Waals surface area contributed by atoms with E-state index in [-0.39, 0.29) is 6.61 Å². The van der Waals surface area contributed by atoms with Gasteiger partial charge in [-0.25, -0.2) is 0 Å². The summed E-state index contributed by atoms with van der Waals surface area (Å²) in [5.41, 5.74) is 0.274. The van der Waals surface area contributed by atoms with Crippen LogP contribution in [0.25, 0.3) is 0 Å². The molecule has 1 aliphatic heterocycles. The van der Waals surface area contributed by atoms with E-state index in [0.717, 1.165) is 12.3 Å². The summed E-state index contributed by atoms with van der Waals surface area (Å²) >= 11 is 0. The molecule has 23 heavy (non-hydrogen) atoms. The predicted octanol–water partition coefficient (Wildman–Crippen LogP) is 2.77. The highest BCUT2D eigenvalue weighted by molar-refractivity contribution is 5.26. The zero-order chi connectivity index (χ0) is 16.1. The molecule has 1 saturated carbocycles. The lowest BCUT2D eigenvalue weighted by Gasteiger charge is -2.37. The molecular weight excluding hydrogens is 290 g/mol. The lowest BCUT2D eigenvalue weighted by atomic mass is 9.93. The molecule has 2 aliphatic rings. The van der Waals surface area contributed by atoms with Gasteiger partial charge in [0.05, 0.1) is 13.2 Å². The predicted molar refractivity (Wildman–Crippen MR) is 90.9 cm³/mol. The third-order valence-electron chi connectivity index (χ3n) is 5.01. The van der Waals surface area contributed by atoms with Gasteiger partial charge in [-0.05, 0) is 31.9 Å². The van der Waals surface area contributed by atoms with Crippen LogP contribution in [0.3, 0.4) is 0 Å². The van der Waals surface area contributed by atoms with Gasteiger partial charge in [-0.1, -0.05) is 37.0 Å². The Hall–Kier alpha value is -1.10. The van der Waals surface area contributed by atoms with Crippen LogP contribution in [0.2, 0.25) is 0 Å². The van der Waals surface area contributed by atoms with Crippen LogP contribution in [0, 0.1) is 6.92 Å². The van der Waals surface area contributed by atoms with Crippen molar-refractivity contribution >= 4 is 0 Å². The average molecular weight is 319 g/mol. The Morgan fingerprint density at radius 1 is 1.22 bits per heavy atom. The molecule has 1 atom stereocenters. The quantitative estimate of drug-likeness (QED) is 0.926. The first-order chi connectivity index (χ1) is 11.1. The standard InChI is InChI=1S/C19H29NO3/c1-16-7-9-18(10-8-16)23-15-19(21)13-20(11-12-22-14-19)17-5-3-2-4-6-17/h7-10,17,21H,2-6,11-15H2,1H3/t19-/m1/s1. The third kappa shape index (κ3) is 4.69. The lowest BCUT2D eigenvalue weighted by Crippen LogP contribution is -2.51. The number of benzene rings is 1. The molecule has 2 fully saturated rings. The molecule has 0 spiro atoms. The Balaban J connectivity index is 1.60. The molecule has 128 valence electrons. The monoisotopic (exact) mass is 319 g/mol. The van der Waals surface area contributed by atoms with Crippen LogP contribution in [0.4, 0.5) is 0 Å². The zero-order valence-corrected chi connectivity index (χ0v) is 14.2. The molecule has 4 heteroatoms. The molecule has 4 nitrogen and oxygen atoms in total. The van der Waals surface area contributed by atoms with Gasteiger partial charge in [0.25, 0.3) is 0 Å². The Morgan fingerprint density at radius 3 is 2.70 bits per heavy atom. The number of aliphatic hydroxyl groups is 1. The van der Waals surface area contributed by atoms with E-state index in [0.29, 0.717) is 25.8 Å². The fourth-order valence-corrected chi connectivity index (χ4v) is 3.64. The second-order valence-electron chi connectivity index (χ2n) is 7.14. The van der Waals surface area contributed by atoms with Gasteiger partial charge in [0, 0.05) is 19.1 Å². The van der Waals surface area contributed by atoms with E-state index in [9.17, 15) is 5.11 Å². The van der Waals surface area contributed by atoms with Gasteiger partial charge in [-0.2, -0.15) is 0 Å². The molecule has 1 aromatic carbocycles. The number of nitrogens with zero attached hydrogens (tertiary/aromatic N) is 1. The molecule has 1 heterocycles. The van der Waals surface area contributed by atoms with Gasteiger partial charge < -0.3 is 14.6 Å². The highest BCUT2D eigenvalue weighted by Crippen LogP contribution is 2.26. The van der Waals surface area contributed by atoms with Gasteiger partial charge in [-0.3, -0.25) is 4.90 Å². The molecule has 1 saturated heterocycles. The van der Waals surface area contributed by atoms with Gasteiger partial charge in [0.15, 0.2) is 0 Å². The van der Waals surface area contributed by atoms with Crippen LogP contribution >= 0.6 is 0 Å². The minimum Gasteiger partial charge on any atom is -0.490 e. The van der Waals surface area contributed by atoms with Crippen molar-refractivity contribution in [1.82, 2.24) is 4.90 Å². The maximum absolute atomic E-state index is 11.0. The molecule has 0 bridgehead atoms. The van der Waals surface area contributed by atoms with E-state index < -0.39 is 5.60 Å². The average Bonchev–Trinajstić information content (AvgIpc) is 2.78. The fraction of sp³-hybridized carbons (Fsp3) is 0.684. The summed E-state index contributed by atoms with van der Waals surface area (Å²) in [6, 6.07) is 8.55. The highest BCUT2D eigenvalue weighted by atomic mass is 16.5. The topological polar surface area (TPSA) is 41.9 Å². The molecule has 1 aliphatic carbocycles. The lowest BCUT2D eigenvalue weighted by molar-refractivity contribution is -0.0681. The van der Waals surface area contributed by atoms with Crippen molar-refractivity contribution in [3.63, 3.8) is 0 Å². The maximum atomic E-state index is 11.0. The molecule has 3 rings (SSSR count). The molecule has 0 radical (unpaired) electrons. The van der Waals surface area contributed by atoms with E-state index >= 15 is 0 Å². The van der Waals surface area contributed by atoms with E-state index in [1.54, 1.807) is 0 Å². The first-order valence-corrected chi connectivity index (χ1v) is 8.88. The number of hydrogen-bond donors (Lipinski definition) is 1. The van der Waals surface area contributed by atoms with Crippen molar-refractivity contribution < 1.29 is 14.6 Å². The Kier molecular flexibility index (Phi) is 5.57. The van der Waals surface area contributed by atoms with Crippen LogP contribution < -0.4 is 4.74 Å². The third-order valence-corrected chi connectivity index (χ3v) is 5.01. The summed E-state index contributed by atoms with van der Waals surface area (Å²) in [6.45, 7) is 4.93. The number of aryl methyl sites for hydroxylation is 1. The van der Waals surface area contributed by atoms with Gasteiger partial charge >= 0.3 is 0 Å². The van der Waals surface area contributed by atoms with Crippen LogP contribution in [0.1, 0.15) is 37.7 Å². The van der Waals surface area contributed by atoms with Crippen molar-refractivity contribution in [2.75, 3.05) is 32.9 Å². The summed E-state index contributed by atoms with van der Waals surface area (Å²) in [6.07, 6.45) is 6.45. The second-order valence-corrected chi connectivity index (χ2v) is 7.14. The van der Waals surface area contributed by atoms with Crippen molar-refractivity contribution in [2.24, 2.45) is 0 Å². The fourth-order valence-electron chi connectivity index (χ4n) is 3.64. The Morgan fingerprint density at radius 2 is 1.96 bits per heavy atom. The molecule has 0 unspecified atom stereocenters. The minimum absolute atomic E-state index is 0.277. The summed E-state index contributed by atoms with van der Waals surface area (Å²) in [7, 11) is 0. The Bertz CT molecular complexity index is 484. The maximum Gasteiger partial charge on any atom is 0.134 e. The first-order valence-electron chi connectivity index (χ1n) is 8.88. The summed E-state index contributed by atoms with van der Waals surface area (Å²) < 4.78 is 11.5. The van der Waals surface area contributed by atoms with Crippen molar-refractivity contribution in [2.45, 2.75) is 50.7 Å². The van der Waals surface area contributed by atoms with Gasteiger partial charge in [0.1, 0.15) is 18.0 Å². The number of hydrogen-bond acceptors (Lipinski definition) is 4. The first kappa shape index (κ1) is 16.7. The molecule has 1 N–H and O–H groups in total. The highest BCUT2D eigenvalue weighted by Gasteiger charge is 2.36. The summed E-state index contributed by atoms with van der Waals surface area (Å²) in [5.74, 6) is 0.803. The minimum atomic E-state index is -0.932. The molecular formula is C19H29NO3. The summed E-state index contributed by atoms with van der Waals surface area (Å²) in [4.78, 5) is 2.42. The van der Waals surface area contributed by atoms with Crippen LogP contribution in [0.15, 0.2) is 24.3 Å². The zero-order valence-electron chi connectivity index (χ0n) is 14.2. The number of rotatable bonds is 4. The Labute approximate surface area is 139 Å². The van der Waals surface area contributed by atoms with Crippen molar-refractivity contribution in [3.05, 3.63) is 29.8 Å². The molecule has 0 amide bonds. The van der Waals surface area contributed by atoms with Crippen molar-refractivity contribution in [3.8, 4) is 5.75 Å². The summed E-state index contributed by atoms with van der Waals surface area (Å²) in [5, 5.41) is 11.0. The van der Waals surface area contributed by atoms with Gasteiger partial charge in [0.2, 0.25) is 0 Å². The van der Waals surface area contributed by atoms with Crippen LogP contribution in [-0.4, -0.2) is 54.6 Å².